The monoisotopic (exact) mass is 254 g/mol. The Morgan fingerprint density at radius 3 is 2.00 bits per heavy atom. The molecule has 1 aliphatic heterocycles. The van der Waals surface area contributed by atoms with Crippen molar-refractivity contribution in [2.45, 2.75) is 90.6 Å². The Labute approximate surface area is 112 Å². The van der Waals surface area contributed by atoms with E-state index in [-0.39, 0.29) is 18.0 Å². The number of esters is 1. The maximum Gasteiger partial charge on any atom is 0.313 e. The molecule has 2 heteroatoms. The number of hydrogen-bond donors (Lipinski definition) is 0. The predicted octanol–water partition coefficient (Wildman–Crippen LogP) is 4.86. The molecule has 1 fully saturated rings. The molecular formula is C16H30O2. The Bertz CT molecular complexity index is 225. The number of carbonyl (C=O) groups excluding carboxylic acids is 1. The summed E-state index contributed by atoms with van der Waals surface area (Å²) in [6.45, 7) is 4.46. The van der Waals surface area contributed by atoms with E-state index in [9.17, 15) is 4.79 Å². The van der Waals surface area contributed by atoms with Gasteiger partial charge in [-0.05, 0) is 19.3 Å². The van der Waals surface area contributed by atoms with E-state index in [4.69, 9.17) is 4.74 Å². The summed E-state index contributed by atoms with van der Waals surface area (Å²) < 4.78 is 5.28. The summed E-state index contributed by atoms with van der Waals surface area (Å²) in [5.41, 5.74) is 0. The van der Waals surface area contributed by atoms with Gasteiger partial charge in [0.2, 0.25) is 0 Å². The van der Waals surface area contributed by atoms with Crippen molar-refractivity contribution in [3.8, 4) is 0 Å². The van der Waals surface area contributed by atoms with Gasteiger partial charge in [0.05, 0.1) is 5.92 Å². The van der Waals surface area contributed by atoms with Crippen molar-refractivity contribution >= 4 is 5.97 Å². The van der Waals surface area contributed by atoms with E-state index < -0.39 is 0 Å². The van der Waals surface area contributed by atoms with Gasteiger partial charge in [-0.1, -0.05) is 65.2 Å². The van der Waals surface area contributed by atoms with Crippen LogP contribution in [0, 0.1) is 5.92 Å². The van der Waals surface area contributed by atoms with Crippen LogP contribution in [0.25, 0.3) is 0 Å². The minimum absolute atomic E-state index is 0.0602. The molecule has 0 N–H and O–H groups in total. The quantitative estimate of drug-likeness (QED) is 0.389. The first-order chi connectivity index (χ1) is 8.79. The van der Waals surface area contributed by atoms with Gasteiger partial charge >= 0.3 is 5.97 Å². The minimum atomic E-state index is 0.0602. The predicted molar refractivity (Wildman–Crippen MR) is 75.5 cm³/mol. The van der Waals surface area contributed by atoms with Crippen LogP contribution in [0.15, 0.2) is 0 Å². The second kappa shape index (κ2) is 9.41. The van der Waals surface area contributed by atoms with E-state index in [1.54, 1.807) is 0 Å². The van der Waals surface area contributed by atoms with Crippen LogP contribution in [0.5, 0.6) is 0 Å². The molecular weight excluding hydrogens is 224 g/mol. The van der Waals surface area contributed by atoms with Crippen LogP contribution < -0.4 is 0 Å². The van der Waals surface area contributed by atoms with Crippen molar-refractivity contribution in [3.05, 3.63) is 0 Å². The molecule has 0 aromatic heterocycles. The number of unbranched alkanes of at least 4 members (excludes halogenated alkanes) is 7. The van der Waals surface area contributed by atoms with Crippen molar-refractivity contribution in [2.24, 2.45) is 5.92 Å². The molecule has 0 aromatic rings. The average Bonchev–Trinajstić information content (AvgIpc) is 2.37. The first kappa shape index (κ1) is 15.5. The second-order valence-corrected chi connectivity index (χ2v) is 5.63. The summed E-state index contributed by atoms with van der Waals surface area (Å²) >= 11 is 0. The Hall–Kier alpha value is -0.530. The zero-order valence-electron chi connectivity index (χ0n) is 12.2. The molecule has 0 aliphatic carbocycles. The molecule has 1 rings (SSSR count). The zero-order valence-corrected chi connectivity index (χ0v) is 12.2. The Morgan fingerprint density at radius 2 is 1.39 bits per heavy atom. The normalized spacial score (nSPS) is 22.7. The lowest BCUT2D eigenvalue weighted by molar-refractivity contribution is -0.186. The highest BCUT2D eigenvalue weighted by Gasteiger charge is 2.40. The van der Waals surface area contributed by atoms with Crippen LogP contribution in [0.3, 0.4) is 0 Å². The molecule has 0 amide bonds. The van der Waals surface area contributed by atoms with Gasteiger partial charge in [-0.3, -0.25) is 4.79 Å². The average molecular weight is 254 g/mol. The smallest absolute Gasteiger partial charge is 0.313 e. The molecule has 0 bridgehead atoms. The van der Waals surface area contributed by atoms with E-state index in [1.165, 1.54) is 57.8 Å². The van der Waals surface area contributed by atoms with E-state index in [0.29, 0.717) is 0 Å². The molecule has 0 radical (unpaired) electrons. The molecule has 18 heavy (non-hydrogen) atoms. The highest BCUT2D eigenvalue weighted by molar-refractivity contribution is 5.78. The highest BCUT2D eigenvalue weighted by Crippen LogP contribution is 2.31. The third-order valence-electron chi connectivity index (χ3n) is 3.98. The maximum atomic E-state index is 11.4. The molecule has 2 nitrogen and oxygen atoms in total. The summed E-state index contributed by atoms with van der Waals surface area (Å²) in [6.07, 6.45) is 13.9. The molecule has 1 heterocycles. The van der Waals surface area contributed by atoms with E-state index in [2.05, 4.69) is 13.8 Å². The van der Waals surface area contributed by atoms with Crippen LogP contribution in [0.4, 0.5) is 0 Å². The van der Waals surface area contributed by atoms with Gasteiger partial charge in [0.1, 0.15) is 6.10 Å². The fourth-order valence-corrected chi connectivity index (χ4v) is 2.70. The van der Waals surface area contributed by atoms with Gasteiger partial charge < -0.3 is 4.74 Å². The van der Waals surface area contributed by atoms with Gasteiger partial charge in [-0.15, -0.1) is 0 Å². The third-order valence-corrected chi connectivity index (χ3v) is 3.98. The van der Waals surface area contributed by atoms with Crippen LogP contribution in [-0.2, 0) is 9.53 Å². The molecule has 0 unspecified atom stereocenters. The number of ether oxygens (including phenoxy) is 1. The van der Waals surface area contributed by atoms with E-state index >= 15 is 0 Å². The fraction of sp³-hybridized carbons (Fsp3) is 0.938. The third kappa shape index (κ3) is 5.41. The minimum Gasteiger partial charge on any atom is -0.461 e. The van der Waals surface area contributed by atoms with Crippen molar-refractivity contribution in [3.63, 3.8) is 0 Å². The fourth-order valence-electron chi connectivity index (χ4n) is 2.70. The summed E-state index contributed by atoms with van der Waals surface area (Å²) in [4.78, 5) is 11.4. The Kier molecular flexibility index (Phi) is 8.11. The highest BCUT2D eigenvalue weighted by atomic mass is 16.6. The van der Waals surface area contributed by atoms with Gasteiger partial charge in [-0.25, -0.2) is 0 Å². The molecule has 1 aliphatic rings. The van der Waals surface area contributed by atoms with Gasteiger partial charge in [0, 0.05) is 0 Å². The Balaban J connectivity index is 2.04. The van der Waals surface area contributed by atoms with E-state index in [1.807, 2.05) is 0 Å². The number of carbonyl (C=O) groups is 1. The molecule has 106 valence electrons. The van der Waals surface area contributed by atoms with Crippen molar-refractivity contribution in [1.29, 1.82) is 0 Å². The standard InChI is InChI=1S/C16H30O2/c1-3-5-7-9-11-13-15-14(16(17)18-15)12-10-8-6-4-2/h14-15H,3-13H2,1-2H3/t14-,15-/m0/s1. The van der Waals surface area contributed by atoms with Crippen molar-refractivity contribution in [1.82, 2.24) is 0 Å². The summed E-state index contributed by atoms with van der Waals surface area (Å²) in [6, 6.07) is 0. The number of hydrogen-bond acceptors (Lipinski definition) is 2. The van der Waals surface area contributed by atoms with E-state index in [0.717, 1.165) is 12.8 Å². The lowest BCUT2D eigenvalue weighted by Gasteiger charge is -2.35. The maximum absolute atomic E-state index is 11.4. The number of rotatable bonds is 11. The summed E-state index contributed by atoms with van der Waals surface area (Å²) in [5, 5.41) is 0. The zero-order chi connectivity index (χ0) is 13.2. The Morgan fingerprint density at radius 1 is 0.833 bits per heavy atom. The molecule has 0 saturated carbocycles. The van der Waals surface area contributed by atoms with Crippen LogP contribution >= 0.6 is 0 Å². The SMILES string of the molecule is CCCCCCC[C@@H]1OC(=O)[C@H]1CCCCCC. The molecule has 1 saturated heterocycles. The van der Waals surface area contributed by atoms with Crippen LogP contribution in [-0.4, -0.2) is 12.1 Å². The largest absolute Gasteiger partial charge is 0.461 e. The van der Waals surface area contributed by atoms with Gasteiger partial charge in [0.25, 0.3) is 0 Å². The number of cyclic esters (lactones) is 1. The van der Waals surface area contributed by atoms with Crippen LogP contribution in [0.1, 0.15) is 84.5 Å². The summed E-state index contributed by atoms with van der Waals surface area (Å²) in [5.74, 6) is 0.290. The van der Waals surface area contributed by atoms with Gasteiger partial charge in [0.15, 0.2) is 0 Å². The van der Waals surface area contributed by atoms with Crippen LogP contribution in [0.2, 0.25) is 0 Å². The first-order valence-corrected chi connectivity index (χ1v) is 8.00. The molecule has 0 aromatic carbocycles. The van der Waals surface area contributed by atoms with Gasteiger partial charge in [-0.2, -0.15) is 0 Å². The summed E-state index contributed by atoms with van der Waals surface area (Å²) in [7, 11) is 0. The second-order valence-electron chi connectivity index (χ2n) is 5.63. The lowest BCUT2D eigenvalue weighted by Crippen LogP contribution is -2.44. The van der Waals surface area contributed by atoms with Crippen molar-refractivity contribution in [2.75, 3.05) is 0 Å². The topological polar surface area (TPSA) is 26.3 Å². The lowest BCUT2D eigenvalue weighted by atomic mass is 9.87. The molecule has 0 spiro atoms. The first-order valence-electron chi connectivity index (χ1n) is 8.00. The van der Waals surface area contributed by atoms with Crippen molar-refractivity contribution < 1.29 is 9.53 Å². The molecule has 2 atom stereocenters.